The van der Waals surface area contributed by atoms with Gasteiger partial charge in [-0.15, -0.1) is 11.3 Å². The number of rotatable bonds is 2. The molecule has 0 aromatic carbocycles. The molecular weight excluding hydrogens is 166 g/mol. The molecule has 2 unspecified atom stereocenters. The Kier molecular flexibility index (Phi) is 1.77. The molecule has 0 amide bonds. The van der Waals surface area contributed by atoms with Crippen LogP contribution in [0, 0.1) is 12.8 Å². The van der Waals surface area contributed by atoms with Gasteiger partial charge in [-0.05, 0) is 36.3 Å². The summed E-state index contributed by atoms with van der Waals surface area (Å²) in [6.45, 7) is 4.38. The standard InChI is InChI=1S/C10H15NS/c1-3-8-6-10(8,11)9-7(2)4-5-12-9/h4-5,8H,3,6,11H2,1-2H3. The van der Waals surface area contributed by atoms with Crippen LogP contribution in [0.4, 0.5) is 0 Å². The molecule has 0 bridgehead atoms. The molecule has 0 aliphatic heterocycles. The Morgan fingerprint density at radius 2 is 2.50 bits per heavy atom. The Morgan fingerprint density at radius 1 is 1.75 bits per heavy atom. The van der Waals surface area contributed by atoms with E-state index in [-0.39, 0.29) is 5.54 Å². The van der Waals surface area contributed by atoms with Crippen molar-refractivity contribution in [2.45, 2.75) is 32.2 Å². The number of thiophene rings is 1. The van der Waals surface area contributed by atoms with Gasteiger partial charge < -0.3 is 5.73 Å². The average Bonchev–Trinajstić information content (AvgIpc) is 2.50. The summed E-state index contributed by atoms with van der Waals surface area (Å²) in [6, 6.07) is 2.17. The van der Waals surface area contributed by atoms with Gasteiger partial charge >= 0.3 is 0 Å². The second-order valence-corrected chi connectivity index (χ2v) is 4.70. The maximum atomic E-state index is 6.28. The zero-order valence-electron chi connectivity index (χ0n) is 7.63. The first-order valence-corrected chi connectivity index (χ1v) is 5.40. The van der Waals surface area contributed by atoms with E-state index in [0.717, 1.165) is 5.92 Å². The molecule has 2 rings (SSSR count). The highest BCUT2D eigenvalue weighted by atomic mass is 32.1. The fourth-order valence-electron chi connectivity index (χ4n) is 1.99. The van der Waals surface area contributed by atoms with E-state index in [9.17, 15) is 0 Å². The molecule has 1 saturated carbocycles. The van der Waals surface area contributed by atoms with Gasteiger partial charge in [-0.3, -0.25) is 0 Å². The van der Waals surface area contributed by atoms with Crippen molar-refractivity contribution in [1.29, 1.82) is 0 Å². The van der Waals surface area contributed by atoms with Gasteiger partial charge in [-0.25, -0.2) is 0 Å². The minimum absolute atomic E-state index is 0.0486. The number of hydrogen-bond donors (Lipinski definition) is 1. The van der Waals surface area contributed by atoms with Gasteiger partial charge in [0.05, 0.1) is 5.54 Å². The van der Waals surface area contributed by atoms with Crippen LogP contribution in [0.25, 0.3) is 0 Å². The molecule has 1 aliphatic carbocycles. The van der Waals surface area contributed by atoms with Gasteiger partial charge in [0.2, 0.25) is 0 Å². The average molecular weight is 181 g/mol. The SMILES string of the molecule is CCC1CC1(N)c1sccc1C. The number of nitrogens with two attached hydrogens (primary N) is 1. The zero-order valence-corrected chi connectivity index (χ0v) is 8.45. The van der Waals surface area contributed by atoms with Crippen molar-refractivity contribution >= 4 is 11.3 Å². The Hall–Kier alpha value is -0.340. The van der Waals surface area contributed by atoms with Crippen LogP contribution in [0.15, 0.2) is 11.4 Å². The summed E-state index contributed by atoms with van der Waals surface area (Å²) < 4.78 is 0. The Balaban J connectivity index is 2.27. The van der Waals surface area contributed by atoms with Crippen LogP contribution in [0.1, 0.15) is 30.2 Å². The quantitative estimate of drug-likeness (QED) is 0.745. The first-order chi connectivity index (χ1) is 5.68. The summed E-state index contributed by atoms with van der Waals surface area (Å²) in [5.74, 6) is 0.731. The van der Waals surface area contributed by atoms with E-state index in [2.05, 4.69) is 25.3 Å². The van der Waals surface area contributed by atoms with Crippen LogP contribution < -0.4 is 5.73 Å². The molecule has 12 heavy (non-hydrogen) atoms. The summed E-state index contributed by atoms with van der Waals surface area (Å²) in [7, 11) is 0. The molecule has 0 saturated heterocycles. The molecule has 1 heterocycles. The van der Waals surface area contributed by atoms with Crippen LogP contribution in [0.2, 0.25) is 0 Å². The molecule has 2 heteroatoms. The van der Waals surface area contributed by atoms with E-state index < -0.39 is 0 Å². The second-order valence-electron chi connectivity index (χ2n) is 3.78. The lowest BCUT2D eigenvalue weighted by Crippen LogP contribution is -2.21. The molecule has 1 aromatic heterocycles. The topological polar surface area (TPSA) is 26.0 Å². The monoisotopic (exact) mass is 181 g/mol. The lowest BCUT2D eigenvalue weighted by Gasteiger charge is -2.09. The van der Waals surface area contributed by atoms with E-state index >= 15 is 0 Å². The summed E-state index contributed by atoms with van der Waals surface area (Å²) >= 11 is 1.81. The number of hydrogen-bond acceptors (Lipinski definition) is 2. The van der Waals surface area contributed by atoms with Gasteiger partial charge in [-0.2, -0.15) is 0 Å². The highest BCUT2D eigenvalue weighted by Crippen LogP contribution is 2.53. The summed E-state index contributed by atoms with van der Waals surface area (Å²) in [5, 5.41) is 2.14. The van der Waals surface area contributed by atoms with E-state index in [0.29, 0.717) is 0 Å². The Morgan fingerprint density at radius 3 is 2.92 bits per heavy atom. The van der Waals surface area contributed by atoms with Gasteiger partial charge in [-0.1, -0.05) is 13.3 Å². The van der Waals surface area contributed by atoms with Crippen LogP contribution in [-0.2, 0) is 5.54 Å². The lowest BCUT2D eigenvalue weighted by molar-refractivity contribution is 0.623. The first-order valence-electron chi connectivity index (χ1n) is 4.52. The van der Waals surface area contributed by atoms with Crippen LogP contribution in [0.3, 0.4) is 0 Å². The molecule has 2 N–H and O–H groups in total. The Bertz CT molecular complexity index is 292. The maximum absolute atomic E-state index is 6.28. The van der Waals surface area contributed by atoms with Gasteiger partial charge in [0.15, 0.2) is 0 Å². The molecule has 1 fully saturated rings. The number of aryl methyl sites for hydroxylation is 1. The summed E-state index contributed by atoms with van der Waals surface area (Å²) in [4.78, 5) is 1.41. The third kappa shape index (κ3) is 1.02. The van der Waals surface area contributed by atoms with E-state index in [1.165, 1.54) is 23.3 Å². The largest absolute Gasteiger partial charge is 0.320 e. The van der Waals surface area contributed by atoms with Gasteiger partial charge in [0.25, 0.3) is 0 Å². The molecule has 0 spiro atoms. The normalized spacial score (nSPS) is 33.8. The fourth-order valence-corrected chi connectivity index (χ4v) is 3.12. The molecule has 0 radical (unpaired) electrons. The van der Waals surface area contributed by atoms with Crippen molar-refractivity contribution in [3.05, 3.63) is 21.9 Å². The Labute approximate surface area is 77.6 Å². The molecule has 1 aliphatic rings. The lowest BCUT2D eigenvalue weighted by atomic mass is 10.1. The fraction of sp³-hybridized carbons (Fsp3) is 0.600. The van der Waals surface area contributed by atoms with Gasteiger partial charge in [0, 0.05) is 4.88 Å². The predicted molar refractivity (Wildman–Crippen MR) is 53.3 cm³/mol. The van der Waals surface area contributed by atoms with Crippen molar-refractivity contribution in [1.82, 2.24) is 0 Å². The second kappa shape index (κ2) is 2.57. The first kappa shape index (κ1) is 8.27. The third-order valence-corrected chi connectivity index (χ3v) is 4.14. The molecule has 66 valence electrons. The zero-order chi connectivity index (χ0) is 8.77. The minimum Gasteiger partial charge on any atom is -0.320 e. The summed E-state index contributed by atoms with van der Waals surface area (Å²) in [5.41, 5.74) is 7.70. The van der Waals surface area contributed by atoms with Crippen LogP contribution >= 0.6 is 11.3 Å². The van der Waals surface area contributed by atoms with Gasteiger partial charge in [0.1, 0.15) is 0 Å². The van der Waals surface area contributed by atoms with E-state index in [4.69, 9.17) is 5.73 Å². The van der Waals surface area contributed by atoms with Crippen molar-refractivity contribution in [2.24, 2.45) is 11.7 Å². The molecular formula is C10H15NS. The highest BCUT2D eigenvalue weighted by Gasteiger charge is 2.52. The molecule has 2 atom stereocenters. The van der Waals surface area contributed by atoms with Crippen molar-refractivity contribution in [3.63, 3.8) is 0 Å². The molecule has 1 aromatic rings. The predicted octanol–water partition coefficient (Wildman–Crippen LogP) is 2.64. The maximum Gasteiger partial charge on any atom is 0.0539 e. The van der Waals surface area contributed by atoms with E-state index in [1.54, 1.807) is 0 Å². The van der Waals surface area contributed by atoms with Crippen molar-refractivity contribution < 1.29 is 0 Å². The van der Waals surface area contributed by atoms with Crippen molar-refractivity contribution in [2.75, 3.05) is 0 Å². The summed E-state index contributed by atoms with van der Waals surface area (Å²) in [6.07, 6.45) is 2.40. The smallest absolute Gasteiger partial charge is 0.0539 e. The van der Waals surface area contributed by atoms with E-state index in [1.807, 2.05) is 11.3 Å². The minimum atomic E-state index is 0.0486. The van der Waals surface area contributed by atoms with Crippen LogP contribution in [-0.4, -0.2) is 0 Å². The highest BCUT2D eigenvalue weighted by molar-refractivity contribution is 7.10. The molecule has 1 nitrogen and oxygen atoms in total. The van der Waals surface area contributed by atoms with Crippen molar-refractivity contribution in [3.8, 4) is 0 Å². The van der Waals surface area contributed by atoms with Crippen LogP contribution in [0.5, 0.6) is 0 Å². The third-order valence-electron chi connectivity index (χ3n) is 2.93.